The molecule has 4 aliphatic carbocycles. The highest BCUT2D eigenvalue weighted by Crippen LogP contribution is 2.45. The molecule has 0 amide bonds. The molecule has 0 heterocycles. The fourth-order valence-electron chi connectivity index (χ4n) is 9.36. The molecular formula is C43H74. The minimum Gasteiger partial charge on any atom is -0.0914 e. The molecule has 0 bridgehead atoms. The third-order valence-corrected chi connectivity index (χ3v) is 12.3. The van der Waals surface area contributed by atoms with Crippen molar-refractivity contribution in [3.63, 3.8) is 0 Å². The minimum atomic E-state index is 0. The van der Waals surface area contributed by atoms with Crippen molar-refractivity contribution in [1.82, 2.24) is 0 Å². The first-order valence-electron chi connectivity index (χ1n) is 18.2. The summed E-state index contributed by atoms with van der Waals surface area (Å²) in [6.07, 6.45) is 28.1. The van der Waals surface area contributed by atoms with Crippen LogP contribution in [-0.2, 0) is 0 Å². The molecule has 0 saturated heterocycles. The van der Waals surface area contributed by atoms with Crippen molar-refractivity contribution in [2.45, 2.75) is 150 Å². The van der Waals surface area contributed by atoms with E-state index in [2.05, 4.69) is 88.4 Å². The molecule has 2 aromatic rings. The number of benzene rings is 2. The van der Waals surface area contributed by atoms with Gasteiger partial charge in [-0.15, -0.1) is 0 Å². The fourth-order valence-corrected chi connectivity index (χ4v) is 9.36. The first-order chi connectivity index (χ1) is 20.5. The summed E-state index contributed by atoms with van der Waals surface area (Å²) in [4.78, 5) is 0. The molecule has 43 heavy (non-hydrogen) atoms. The summed E-state index contributed by atoms with van der Waals surface area (Å²) in [5.41, 5.74) is 5.95. The Morgan fingerprint density at radius 2 is 0.814 bits per heavy atom. The third-order valence-electron chi connectivity index (χ3n) is 12.3. The zero-order valence-electron chi connectivity index (χ0n) is 27.7. The Morgan fingerprint density at radius 3 is 1.16 bits per heavy atom. The summed E-state index contributed by atoms with van der Waals surface area (Å²) in [7, 11) is 0. The van der Waals surface area contributed by atoms with E-state index in [1.54, 1.807) is 11.1 Å². The van der Waals surface area contributed by atoms with Crippen molar-refractivity contribution in [1.29, 1.82) is 0 Å². The molecule has 0 aliphatic heterocycles. The molecule has 0 atom stereocenters. The van der Waals surface area contributed by atoms with Gasteiger partial charge in [0, 0.05) is 5.71 Å². The Morgan fingerprint density at radius 1 is 0.488 bits per heavy atom. The lowest BCUT2D eigenvalue weighted by molar-refractivity contribution is 0.165. The normalized spacial score (nSPS) is 33.2. The SMILES string of the molecule is C.C/C=C/C1CCC(C2CCC(c3ccc(C)cc3)CC2)CC1.Cc1ccc(C2CCC(C3CCC(C)CC3)CC2)cc1.[HH].[HH].[HH].[HH]. The van der Waals surface area contributed by atoms with Crippen LogP contribution in [0.3, 0.4) is 0 Å². The van der Waals surface area contributed by atoms with Gasteiger partial charge in [-0.05, 0) is 169 Å². The van der Waals surface area contributed by atoms with Gasteiger partial charge in [0.25, 0.3) is 0 Å². The number of allylic oxidation sites excluding steroid dienone is 2. The van der Waals surface area contributed by atoms with E-state index in [4.69, 9.17) is 0 Å². The topological polar surface area (TPSA) is 0 Å². The van der Waals surface area contributed by atoms with Crippen LogP contribution in [0.2, 0.25) is 0 Å². The lowest BCUT2D eigenvalue weighted by atomic mass is 9.68. The van der Waals surface area contributed by atoms with E-state index in [-0.39, 0.29) is 13.1 Å². The summed E-state index contributed by atoms with van der Waals surface area (Å²) in [5, 5.41) is 0. The molecule has 0 unspecified atom stereocenters. The number of hydrogen-bond acceptors (Lipinski definition) is 0. The van der Waals surface area contributed by atoms with Crippen molar-refractivity contribution in [2.75, 3.05) is 0 Å². The van der Waals surface area contributed by atoms with Gasteiger partial charge < -0.3 is 0 Å². The van der Waals surface area contributed by atoms with Gasteiger partial charge in [-0.25, -0.2) is 0 Å². The summed E-state index contributed by atoms with van der Waals surface area (Å²) in [5.74, 6) is 7.70. The van der Waals surface area contributed by atoms with Gasteiger partial charge in [-0.2, -0.15) is 0 Å². The van der Waals surface area contributed by atoms with Gasteiger partial charge in [-0.1, -0.05) is 99.0 Å². The van der Waals surface area contributed by atoms with Crippen LogP contribution < -0.4 is 0 Å². The fraction of sp³-hybridized carbons (Fsp3) is 0.674. The molecule has 4 saturated carbocycles. The lowest BCUT2D eigenvalue weighted by Gasteiger charge is -2.37. The van der Waals surface area contributed by atoms with Crippen LogP contribution in [0.15, 0.2) is 60.7 Å². The van der Waals surface area contributed by atoms with Gasteiger partial charge in [0.15, 0.2) is 0 Å². The summed E-state index contributed by atoms with van der Waals surface area (Å²) in [6.45, 7) is 8.97. The van der Waals surface area contributed by atoms with Gasteiger partial charge in [0.2, 0.25) is 0 Å². The molecular weight excluding hydrogens is 516 g/mol. The summed E-state index contributed by atoms with van der Waals surface area (Å²) in [6, 6.07) is 18.6. The van der Waals surface area contributed by atoms with Crippen LogP contribution in [0.4, 0.5) is 0 Å². The maximum absolute atomic E-state index is 2.44. The average Bonchev–Trinajstić information content (AvgIpc) is 3.03. The molecule has 0 radical (unpaired) electrons. The second kappa shape index (κ2) is 17.0. The molecule has 4 aliphatic rings. The van der Waals surface area contributed by atoms with Crippen LogP contribution in [0.5, 0.6) is 0 Å². The molecule has 0 N–H and O–H groups in total. The van der Waals surface area contributed by atoms with Crippen LogP contribution in [-0.4, -0.2) is 0 Å². The second-order valence-corrected chi connectivity index (χ2v) is 15.3. The monoisotopic (exact) mass is 591 g/mol. The van der Waals surface area contributed by atoms with E-state index in [0.29, 0.717) is 0 Å². The van der Waals surface area contributed by atoms with E-state index in [9.17, 15) is 0 Å². The van der Waals surface area contributed by atoms with E-state index >= 15 is 0 Å². The molecule has 0 spiro atoms. The van der Waals surface area contributed by atoms with Crippen molar-refractivity contribution in [3.05, 3.63) is 82.9 Å². The highest BCUT2D eigenvalue weighted by atomic mass is 14.4. The Bertz CT molecular complexity index is 1060. The van der Waals surface area contributed by atoms with E-state index in [1.165, 1.54) is 114 Å². The van der Waals surface area contributed by atoms with Crippen LogP contribution in [0.1, 0.15) is 164 Å². The van der Waals surface area contributed by atoms with Crippen LogP contribution in [0.25, 0.3) is 0 Å². The molecule has 246 valence electrons. The maximum Gasteiger partial charge on any atom is 0 e. The van der Waals surface area contributed by atoms with Crippen molar-refractivity contribution >= 4 is 0 Å². The largest absolute Gasteiger partial charge is 0.0914 e. The Balaban J connectivity index is 0.000000816. The van der Waals surface area contributed by atoms with Gasteiger partial charge in [0.05, 0.1) is 0 Å². The quantitative estimate of drug-likeness (QED) is 0.304. The predicted molar refractivity (Wildman–Crippen MR) is 198 cm³/mol. The molecule has 0 heteroatoms. The lowest BCUT2D eigenvalue weighted by Crippen LogP contribution is -2.25. The second-order valence-electron chi connectivity index (χ2n) is 15.3. The van der Waals surface area contributed by atoms with E-state index in [0.717, 1.165) is 47.3 Å². The highest BCUT2D eigenvalue weighted by molar-refractivity contribution is 5.26. The molecule has 2 aromatic carbocycles. The van der Waals surface area contributed by atoms with Gasteiger partial charge >= 0.3 is 0 Å². The predicted octanol–water partition coefficient (Wildman–Crippen LogP) is 14.4. The minimum absolute atomic E-state index is 0. The Hall–Kier alpha value is -1.82. The summed E-state index contributed by atoms with van der Waals surface area (Å²) < 4.78 is 0. The number of hydrogen-bond donors (Lipinski definition) is 0. The van der Waals surface area contributed by atoms with Crippen molar-refractivity contribution in [2.24, 2.45) is 35.5 Å². The first-order valence-corrected chi connectivity index (χ1v) is 18.2. The zero-order valence-corrected chi connectivity index (χ0v) is 27.7. The average molecular weight is 591 g/mol. The molecule has 6 rings (SSSR count). The van der Waals surface area contributed by atoms with E-state index in [1.807, 2.05) is 0 Å². The standard InChI is InChI=1S/C22H32.C20H30.CH4.4H2/c1-3-4-18-7-11-20(12-8-18)22-15-13-21(14-16-22)19-9-5-17(2)6-10-19;1-15-3-7-17(8-4-15)19-11-13-20(14-12-19)18-9-5-16(2)6-10-18;;;;;/h3-6,9-10,18,20-22H,7-8,11-16H2,1-2H3;3-4,7-8,16,18-20H,5-6,9-14H2,1-2H3;1H4;4*1H/b4-3+;;;;;;. The molecule has 4 fully saturated rings. The van der Waals surface area contributed by atoms with Crippen molar-refractivity contribution < 1.29 is 5.71 Å². The highest BCUT2D eigenvalue weighted by Gasteiger charge is 2.31. The Labute approximate surface area is 273 Å². The smallest absolute Gasteiger partial charge is 0 e. The van der Waals surface area contributed by atoms with Crippen LogP contribution in [0, 0.1) is 49.4 Å². The van der Waals surface area contributed by atoms with Crippen LogP contribution >= 0.6 is 0 Å². The van der Waals surface area contributed by atoms with E-state index < -0.39 is 0 Å². The number of aryl methyl sites for hydroxylation is 2. The Kier molecular flexibility index (Phi) is 13.5. The first kappa shape index (κ1) is 34.1. The van der Waals surface area contributed by atoms with Gasteiger partial charge in [0.1, 0.15) is 0 Å². The molecule has 0 aromatic heterocycles. The molecule has 0 nitrogen and oxygen atoms in total. The van der Waals surface area contributed by atoms with Gasteiger partial charge in [-0.3, -0.25) is 0 Å². The zero-order chi connectivity index (χ0) is 29.3. The number of rotatable bonds is 5. The summed E-state index contributed by atoms with van der Waals surface area (Å²) >= 11 is 0. The third kappa shape index (κ3) is 9.83. The maximum atomic E-state index is 2.44. The van der Waals surface area contributed by atoms with Crippen molar-refractivity contribution in [3.8, 4) is 0 Å².